The Kier molecular flexibility index (Phi) is 4.27. The van der Waals surface area contributed by atoms with Crippen LogP contribution in [0.3, 0.4) is 0 Å². The van der Waals surface area contributed by atoms with E-state index in [0.29, 0.717) is 12.1 Å². The average Bonchev–Trinajstić information content (AvgIpc) is 2.93. The van der Waals surface area contributed by atoms with Gasteiger partial charge in [-0.05, 0) is 12.1 Å². The molecule has 6 nitrogen and oxygen atoms in total. The maximum atomic E-state index is 13.1. The van der Waals surface area contributed by atoms with Crippen LogP contribution >= 0.6 is 0 Å². The summed E-state index contributed by atoms with van der Waals surface area (Å²) in [5, 5.41) is 15.1. The Morgan fingerprint density at radius 1 is 1.29 bits per heavy atom. The minimum absolute atomic E-state index is 0.0136. The second-order valence-electron chi connectivity index (χ2n) is 4.18. The van der Waals surface area contributed by atoms with Crippen LogP contribution in [0.5, 0.6) is 0 Å². The lowest BCUT2D eigenvalue weighted by Crippen LogP contribution is -2.17. The maximum Gasteiger partial charge on any atom is 0.337 e. The second kappa shape index (κ2) is 6.12. The first-order chi connectivity index (χ1) is 9.97. The maximum absolute atomic E-state index is 13.1. The van der Waals surface area contributed by atoms with Crippen LogP contribution in [0.4, 0.5) is 14.5 Å². The lowest BCUT2D eigenvalue weighted by Gasteiger charge is -2.09. The highest BCUT2D eigenvalue weighted by Crippen LogP contribution is 2.20. The van der Waals surface area contributed by atoms with E-state index in [1.165, 1.54) is 4.68 Å². The van der Waals surface area contributed by atoms with E-state index in [-0.39, 0.29) is 18.7 Å². The summed E-state index contributed by atoms with van der Waals surface area (Å²) in [5.74, 6) is -4.51. The van der Waals surface area contributed by atoms with Crippen molar-refractivity contribution in [2.75, 3.05) is 5.32 Å². The largest absolute Gasteiger partial charge is 0.478 e. The minimum atomic E-state index is -1.46. The number of nitrogens with zero attached hydrogens (tertiary/aromatic N) is 2. The molecule has 21 heavy (non-hydrogen) atoms. The first-order valence-corrected chi connectivity index (χ1v) is 5.97. The molecule has 0 aliphatic heterocycles. The van der Waals surface area contributed by atoms with E-state index in [9.17, 15) is 18.4 Å². The summed E-state index contributed by atoms with van der Waals surface area (Å²) in [5.41, 5.74) is -0.798. The summed E-state index contributed by atoms with van der Waals surface area (Å²) in [6, 6.07) is 2.86. The number of nitrogens with one attached hydrogen (secondary N) is 1. The van der Waals surface area contributed by atoms with Gasteiger partial charge in [0.25, 0.3) is 0 Å². The van der Waals surface area contributed by atoms with Gasteiger partial charge in [-0.2, -0.15) is 5.10 Å². The zero-order valence-corrected chi connectivity index (χ0v) is 10.7. The molecule has 1 aromatic heterocycles. The average molecular weight is 295 g/mol. The number of carbonyl (C=O) groups is 2. The molecule has 0 aliphatic carbocycles. The Morgan fingerprint density at radius 2 is 2.00 bits per heavy atom. The molecule has 0 saturated heterocycles. The molecule has 0 atom stereocenters. The number of benzene rings is 1. The van der Waals surface area contributed by atoms with E-state index < -0.39 is 29.1 Å². The molecule has 0 bridgehead atoms. The van der Waals surface area contributed by atoms with Crippen molar-refractivity contribution in [2.24, 2.45) is 0 Å². The van der Waals surface area contributed by atoms with Crippen molar-refractivity contribution in [3.05, 3.63) is 47.8 Å². The normalized spacial score (nSPS) is 10.4. The van der Waals surface area contributed by atoms with E-state index in [1.807, 2.05) is 0 Å². The van der Waals surface area contributed by atoms with Gasteiger partial charge in [0.2, 0.25) is 5.91 Å². The topological polar surface area (TPSA) is 84.2 Å². The number of carboxylic acid groups (broad SMARTS) is 1. The molecule has 0 radical (unpaired) electrons. The molecule has 0 aliphatic rings. The Bertz CT molecular complexity index is 672. The fraction of sp³-hybridized carbons (Fsp3) is 0.154. The molecule has 1 heterocycles. The van der Waals surface area contributed by atoms with Crippen LogP contribution in [-0.2, 0) is 11.3 Å². The molecule has 2 aromatic rings. The van der Waals surface area contributed by atoms with Gasteiger partial charge < -0.3 is 10.4 Å². The van der Waals surface area contributed by atoms with Crippen molar-refractivity contribution in [3.8, 4) is 0 Å². The van der Waals surface area contributed by atoms with Gasteiger partial charge in [0, 0.05) is 31.4 Å². The number of aromatic nitrogens is 2. The molecule has 0 fully saturated rings. The fourth-order valence-corrected chi connectivity index (χ4v) is 1.69. The molecule has 0 saturated carbocycles. The van der Waals surface area contributed by atoms with Crippen molar-refractivity contribution in [2.45, 2.75) is 13.0 Å². The highest BCUT2D eigenvalue weighted by atomic mass is 19.2. The van der Waals surface area contributed by atoms with Gasteiger partial charge in [-0.15, -0.1) is 0 Å². The predicted molar refractivity (Wildman–Crippen MR) is 68.8 cm³/mol. The van der Waals surface area contributed by atoms with E-state index in [1.54, 1.807) is 18.5 Å². The molecular weight excluding hydrogens is 284 g/mol. The number of aryl methyl sites for hydroxylation is 1. The van der Waals surface area contributed by atoms with Crippen molar-refractivity contribution >= 4 is 17.6 Å². The third kappa shape index (κ3) is 3.62. The molecule has 1 aromatic carbocycles. The van der Waals surface area contributed by atoms with E-state index in [0.717, 1.165) is 0 Å². The summed E-state index contributed by atoms with van der Waals surface area (Å²) in [6.07, 6.45) is 3.23. The lowest BCUT2D eigenvalue weighted by molar-refractivity contribution is -0.116. The first kappa shape index (κ1) is 14.6. The van der Waals surface area contributed by atoms with Gasteiger partial charge in [-0.1, -0.05) is 0 Å². The third-order valence-corrected chi connectivity index (χ3v) is 2.69. The van der Waals surface area contributed by atoms with E-state index >= 15 is 0 Å². The number of hydrogen-bond acceptors (Lipinski definition) is 3. The zero-order chi connectivity index (χ0) is 15.4. The highest BCUT2D eigenvalue weighted by Gasteiger charge is 2.17. The van der Waals surface area contributed by atoms with Gasteiger partial charge >= 0.3 is 5.97 Å². The quantitative estimate of drug-likeness (QED) is 0.882. The number of carboxylic acids is 1. The monoisotopic (exact) mass is 295 g/mol. The SMILES string of the molecule is O=C(CCn1cccn1)Nc1cc(F)c(F)cc1C(=O)O. The molecule has 8 heteroatoms. The van der Waals surface area contributed by atoms with Crippen LogP contribution in [0.1, 0.15) is 16.8 Å². The summed E-state index contributed by atoms with van der Waals surface area (Å²) in [6.45, 7) is 0.283. The number of aromatic carboxylic acids is 1. The first-order valence-electron chi connectivity index (χ1n) is 5.97. The van der Waals surface area contributed by atoms with Crippen LogP contribution < -0.4 is 5.32 Å². The lowest BCUT2D eigenvalue weighted by atomic mass is 10.1. The number of rotatable bonds is 5. The van der Waals surface area contributed by atoms with Gasteiger partial charge in [0.1, 0.15) is 0 Å². The van der Waals surface area contributed by atoms with E-state index in [2.05, 4.69) is 10.4 Å². The van der Waals surface area contributed by atoms with Crippen LogP contribution in [0.25, 0.3) is 0 Å². The van der Waals surface area contributed by atoms with Crippen LogP contribution in [0.15, 0.2) is 30.6 Å². The minimum Gasteiger partial charge on any atom is -0.478 e. The summed E-state index contributed by atoms with van der Waals surface area (Å²) in [7, 11) is 0. The van der Waals surface area contributed by atoms with E-state index in [4.69, 9.17) is 5.11 Å². The predicted octanol–water partition coefficient (Wildman–Crippen LogP) is 1.89. The van der Waals surface area contributed by atoms with Gasteiger partial charge in [-0.3, -0.25) is 9.48 Å². The van der Waals surface area contributed by atoms with Crippen molar-refractivity contribution < 1.29 is 23.5 Å². The second-order valence-corrected chi connectivity index (χ2v) is 4.18. The third-order valence-electron chi connectivity index (χ3n) is 2.69. The van der Waals surface area contributed by atoms with Crippen molar-refractivity contribution in [1.29, 1.82) is 0 Å². The Hall–Kier alpha value is -2.77. The van der Waals surface area contributed by atoms with Crippen molar-refractivity contribution in [3.63, 3.8) is 0 Å². The molecule has 110 valence electrons. The van der Waals surface area contributed by atoms with Crippen LogP contribution in [-0.4, -0.2) is 26.8 Å². The number of anilines is 1. The Morgan fingerprint density at radius 3 is 2.62 bits per heavy atom. The smallest absolute Gasteiger partial charge is 0.337 e. The van der Waals surface area contributed by atoms with Crippen LogP contribution in [0.2, 0.25) is 0 Å². The van der Waals surface area contributed by atoms with Gasteiger partial charge in [-0.25, -0.2) is 13.6 Å². The molecular formula is C13H11F2N3O3. The molecule has 2 rings (SSSR count). The number of carbonyl (C=O) groups excluding carboxylic acids is 1. The zero-order valence-electron chi connectivity index (χ0n) is 10.7. The van der Waals surface area contributed by atoms with Crippen LogP contribution in [0, 0.1) is 11.6 Å². The summed E-state index contributed by atoms with van der Waals surface area (Å²) < 4.78 is 27.7. The number of halogens is 2. The molecule has 2 N–H and O–H groups in total. The highest BCUT2D eigenvalue weighted by molar-refractivity contribution is 6.00. The van der Waals surface area contributed by atoms with Gasteiger partial charge in [0.15, 0.2) is 11.6 Å². The van der Waals surface area contributed by atoms with Crippen molar-refractivity contribution in [1.82, 2.24) is 9.78 Å². The molecule has 0 spiro atoms. The molecule has 0 unspecified atom stereocenters. The number of hydrogen-bond donors (Lipinski definition) is 2. The molecule has 1 amide bonds. The Labute approximate surface area is 118 Å². The number of amides is 1. The summed E-state index contributed by atoms with van der Waals surface area (Å²) in [4.78, 5) is 22.7. The van der Waals surface area contributed by atoms with Gasteiger partial charge in [0.05, 0.1) is 11.3 Å². The fourth-order valence-electron chi connectivity index (χ4n) is 1.69. The Balaban J connectivity index is 2.09. The summed E-state index contributed by atoms with van der Waals surface area (Å²) >= 11 is 0. The standard InChI is InChI=1S/C13H11F2N3O3/c14-9-6-8(13(20)21)11(7-10(9)15)17-12(19)2-5-18-4-1-3-16-18/h1,3-4,6-7H,2,5H2,(H,17,19)(H,20,21).